The van der Waals surface area contributed by atoms with Gasteiger partial charge in [0.2, 0.25) is 5.89 Å². The molecule has 0 saturated heterocycles. The summed E-state index contributed by atoms with van der Waals surface area (Å²) in [4.78, 5) is 8.92. The molecule has 2 aromatic heterocycles. The van der Waals surface area contributed by atoms with Gasteiger partial charge in [-0.2, -0.15) is 0 Å². The highest BCUT2D eigenvalue weighted by molar-refractivity contribution is 5.79. The number of nitrogens with zero attached hydrogens (tertiary/aromatic N) is 3. The first-order chi connectivity index (χ1) is 9.04. The first kappa shape index (κ1) is 11.8. The third-order valence-corrected chi connectivity index (χ3v) is 3.33. The topological polar surface area (TPSA) is 69.9 Å². The lowest BCUT2D eigenvalue weighted by atomic mass is 10.3. The van der Waals surface area contributed by atoms with E-state index in [2.05, 4.69) is 14.5 Å². The van der Waals surface area contributed by atoms with Crippen molar-refractivity contribution >= 4 is 16.7 Å². The Morgan fingerprint density at radius 3 is 2.68 bits per heavy atom. The Hall–Kier alpha value is -2.30. The normalized spacial score (nSPS) is 11.3. The van der Waals surface area contributed by atoms with E-state index in [1.807, 2.05) is 39.0 Å². The molecule has 98 valence electrons. The minimum Gasteiger partial charge on any atom is -0.444 e. The molecule has 0 aliphatic heterocycles. The summed E-state index contributed by atoms with van der Waals surface area (Å²) in [6.07, 6.45) is 0. The zero-order chi connectivity index (χ0) is 13.6. The SMILES string of the molecule is Cc1nc(Cn2c(C)nc3cc(N)ccc32)oc1C. The van der Waals surface area contributed by atoms with E-state index in [-0.39, 0.29) is 0 Å². The van der Waals surface area contributed by atoms with Gasteiger partial charge in [-0.15, -0.1) is 0 Å². The van der Waals surface area contributed by atoms with Crippen LogP contribution in [-0.4, -0.2) is 14.5 Å². The lowest BCUT2D eigenvalue weighted by Crippen LogP contribution is -2.02. The standard InChI is InChI=1S/C14H16N4O/c1-8-9(2)19-14(16-8)7-18-10(3)17-12-6-11(15)4-5-13(12)18/h4-6H,7,15H2,1-3H3. The van der Waals surface area contributed by atoms with E-state index < -0.39 is 0 Å². The Bertz CT molecular complexity index is 735. The predicted molar refractivity (Wildman–Crippen MR) is 74.0 cm³/mol. The number of nitrogens with two attached hydrogens (primary N) is 1. The second-order valence-corrected chi connectivity index (χ2v) is 4.74. The number of oxazole rings is 1. The van der Waals surface area contributed by atoms with E-state index in [1.54, 1.807) is 0 Å². The zero-order valence-electron chi connectivity index (χ0n) is 11.3. The van der Waals surface area contributed by atoms with Gasteiger partial charge >= 0.3 is 0 Å². The van der Waals surface area contributed by atoms with Crippen LogP contribution in [0.2, 0.25) is 0 Å². The van der Waals surface area contributed by atoms with Crippen molar-refractivity contribution in [1.29, 1.82) is 0 Å². The monoisotopic (exact) mass is 256 g/mol. The highest BCUT2D eigenvalue weighted by Crippen LogP contribution is 2.20. The van der Waals surface area contributed by atoms with Crippen LogP contribution in [0.1, 0.15) is 23.2 Å². The molecule has 0 bridgehead atoms. The van der Waals surface area contributed by atoms with Crippen molar-refractivity contribution in [3.05, 3.63) is 41.4 Å². The Kier molecular flexibility index (Phi) is 2.55. The maximum absolute atomic E-state index is 5.78. The number of hydrogen-bond acceptors (Lipinski definition) is 4. The van der Waals surface area contributed by atoms with Crippen molar-refractivity contribution in [3.63, 3.8) is 0 Å². The van der Waals surface area contributed by atoms with E-state index in [0.29, 0.717) is 12.4 Å². The van der Waals surface area contributed by atoms with Gasteiger partial charge in [-0.25, -0.2) is 9.97 Å². The Labute approximate surface area is 111 Å². The molecular weight excluding hydrogens is 240 g/mol. The number of aromatic nitrogens is 3. The lowest BCUT2D eigenvalue weighted by Gasteiger charge is -2.03. The number of nitrogen functional groups attached to an aromatic ring is 1. The molecule has 0 unspecified atom stereocenters. The Morgan fingerprint density at radius 2 is 2.00 bits per heavy atom. The summed E-state index contributed by atoms with van der Waals surface area (Å²) < 4.78 is 7.71. The van der Waals surface area contributed by atoms with Gasteiger partial charge in [-0.1, -0.05) is 0 Å². The average Bonchev–Trinajstić information content (AvgIpc) is 2.81. The largest absolute Gasteiger partial charge is 0.444 e. The summed E-state index contributed by atoms with van der Waals surface area (Å²) in [5.41, 5.74) is 9.38. The number of benzene rings is 1. The molecule has 3 rings (SSSR count). The Balaban J connectivity index is 2.07. The maximum atomic E-state index is 5.78. The van der Waals surface area contributed by atoms with E-state index in [4.69, 9.17) is 10.2 Å². The van der Waals surface area contributed by atoms with Crippen LogP contribution < -0.4 is 5.73 Å². The molecule has 1 aromatic carbocycles. The van der Waals surface area contributed by atoms with Gasteiger partial charge in [0.1, 0.15) is 18.1 Å². The first-order valence-electron chi connectivity index (χ1n) is 6.20. The van der Waals surface area contributed by atoms with Gasteiger partial charge in [-0.05, 0) is 39.0 Å². The highest BCUT2D eigenvalue weighted by atomic mass is 16.4. The number of aryl methyl sites for hydroxylation is 3. The minimum atomic E-state index is 0.584. The molecule has 0 saturated carbocycles. The molecule has 0 atom stereocenters. The van der Waals surface area contributed by atoms with Crippen molar-refractivity contribution in [3.8, 4) is 0 Å². The lowest BCUT2D eigenvalue weighted by molar-refractivity contribution is 0.457. The number of hydrogen-bond donors (Lipinski definition) is 1. The molecule has 5 heteroatoms. The van der Waals surface area contributed by atoms with Crippen LogP contribution in [0.5, 0.6) is 0 Å². The van der Waals surface area contributed by atoms with Crippen molar-refractivity contribution in [2.24, 2.45) is 0 Å². The number of imidazole rings is 1. The molecule has 0 amide bonds. The quantitative estimate of drug-likeness (QED) is 0.715. The third-order valence-electron chi connectivity index (χ3n) is 3.33. The zero-order valence-corrected chi connectivity index (χ0v) is 11.3. The van der Waals surface area contributed by atoms with E-state index >= 15 is 0 Å². The van der Waals surface area contributed by atoms with Gasteiger partial charge in [0.25, 0.3) is 0 Å². The molecular formula is C14H16N4O. The summed E-state index contributed by atoms with van der Waals surface area (Å²) in [5.74, 6) is 2.49. The molecule has 0 aliphatic rings. The molecule has 5 nitrogen and oxygen atoms in total. The van der Waals surface area contributed by atoms with Crippen LogP contribution in [-0.2, 0) is 6.54 Å². The van der Waals surface area contributed by atoms with Gasteiger partial charge in [0, 0.05) is 5.69 Å². The fourth-order valence-electron chi connectivity index (χ4n) is 2.21. The molecule has 0 aliphatic carbocycles. The summed E-state index contributed by atoms with van der Waals surface area (Å²) in [6, 6.07) is 5.74. The van der Waals surface area contributed by atoms with Gasteiger partial charge in [-0.3, -0.25) is 0 Å². The molecule has 2 N–H and O–H groups in total. The van der Waals surface area contributed by atoms with Crippen molar-refractivity contribution in [2.75, 3.05) is 5.73 Å². The van der Waals surface area contributed by atoms with Crippen molar-refractivity contribution in [2.45, 2.75) is 27.3 Å². The van der Waals surface area contributed by atoms with Crippen molar-refractivity contribution < 1.29 is 4.42 Å². The van der Waals surface area contributed by atoms with Crippen LogP contribution in [0.25, 0.3) is 11.0 Å². The summed E-state index contributed by atoms with van der Waals surface area (Å²) in [7, 11) is 0. The van der Waals surface area contributed by atoms with E-state index in [1.165, 1.54) is 0 Å². The summed E-state index contributed by atoms with van der Waals surface area (Å²) in [6.45, 7) is 6.42. The maximum Gasteiger partial charge on any atom is 0.214 e. The van der Waals surface area contributed by atoms with Gasteiger partial charge < -0.3 is 14.7 Å². The minimum absolute atomic E-state index is 0.584. The fraction of sp³-hybridized carbons (Fsp3) is 0.286. The van der Waals surface area contributed by atoms with E-state index in [9.17, 15) is 0 Å². The molecule has 0 radical (unpaired) electrons. The van der Waals surface area contributed by atoms with Gasteiger partial charge in [0.15, 0.2) is 0 Å². The summed E-state index contributed by atoms with van der Waals surface area (Å²) in [5, 5.41) is 0. The van der Waals surface area contributed by atoms with Gasteiger partial charge in [0.05, 0.1) is 16.7 Å². The molecule has 2 heterocycles. The molecule has 19 heavy (non-hydrogen) atoms. The third kappa shape index (κ3) is 1.97. The number of anilines is 1. The number of rotatable bonds is 2. The highest BCUT2D eigenvalue weighted by Gasteiger charge is 2.12. The van der Waals surface area contributed by atoms with Crippen LogP contribution in [0.3, 0.4) is 0 Å². The van der Waals surface area contributed by atoms with Crippen molar-refractivity contribution in [1.82, 2.24) is 14.5 Å². The van der Waals surface area contributed by atoms with E-state index in [0.717, 1.165) is 34.0 Å². The predicted octanol–water partition coefficient (Wildman–Crippen LogP) is 2.58. The van der Waals surface area contributed by atoms with Crippen LogP contribution in [0.4, 0.5) is 5.69 Å². The second-order valence-electron chi connectivity index (χ2n) is 4.74. The Morgan fingerprint density at radius 1 is 1.21 bits per heavy atom. The molecule has 3 aromatic rings. The fourth-order valence-corrected chi connectivity index (χ4v) is 2.21. The first-order valence-corrected chi connectivity index (χ1v) is 6.20. The molecule has 0 fully saturated rings. The molecule has 0 spiro atoms. The van der Waals surface area contributed by atoms with Crippen LogP contribution >= 0.6 is 0 Å². The van der Waals surface area contributed by atoms with Crippen LogP contribution in [0.15, 0.2) is 22.6 Å². The number of fused-ring (bicyclic) bond motifs is 1. The van der Waals surface area contributed by atoms with Crippen LogP contribution in [0, 0.1) is 20.8 Å². The smallest absolute Gasteiger partial charge is 0.214 e. The summed E-state index contributed by atoms with van der Waals surface area (Å²) >= 11 is 0. The second kappa shape index (κ2) is 4.12. The average molecular weight is 256 g/mol.